The van der Waals surface area contributed by atoms with Gasteiger partial charge in [0.15, 0.2) is 0 Å². The Balaban J connectivity index is 1.99. The van der Waals surface area contributed by atoms with Crippen LogP contribution in [0.15, 0.2) is 23.3 Å². The molecule has 1 heteroatoms. The minimum Gasteiger partial charge on any atom is -0.198 e. The molecule has 0 aromatic carbocycles. The van der Waals surface area contributed by atoms with Gasteiger partial charge in [-0.05, 0) is 67.8 Å². The van der Waals surface area contributed by atoms with Crippen LogP contribution in [0.3, 0.4) is 0 Å². The van der Waals surface area contributed by atoms with Crippen molar-refractivity contribution in [1.29, 1.82) is 5.26 Å². The molecule has 3 aliphatic carbocycles. The van der Waals surface area contributed by atoms with Gasteiger partial charge in [-0.25, -0.2) is 0 Å². The number of hydrogen-bond donors (Lipinski definition) is 0. The van der Waals surface area contributed by atoms with E-state index in [9.17, 15) is 5.26 Å². The summed E-state index contributed by atoms with van der Waals surface area (Å²) in [5.41, 5.74) is 3.44. The van der Waals surface area contributed by atoms with E-state index in [2.05, 4.69) is 45.9 Å². The highest BCUT2D eigenvalue weighted by molar-refractivity contribution is 5.35. The lowest BCUT2D eigenvalue weighted by Crippen LogP contribution is -2.49. The zero-order chi connectivity index (χ0) is 15.3. The quantitative estimate of drug-likeness (QED) is 0.610. The van der Waals surface area contributed by atoms with E-state index in [-0.39, 0.29) is 5.41 Å². The average molecular weight is 283 g/mol. The van der Waals surface area contributed by atoms with Crippen LogP contribution in [0.4, 0.5) is 0 Å². The minimum absolute atomic E-state index is 0.114. The van der Waals surface area contributed by atoms with E-state index >= 15 is 0 Å². The van der Waals surface area contributed by atoms with Crippen LogP contribution in [0, 0.1) is 39.9 Å². The zero-order valence-corrected chi connectivity index (χ0v) is 14.1. The summed E-state index contributed by atoms with van der Waals surface area (Å²) in [7, 11) is 0. The molecule has 1 fully saturated rings. The number of nitrogens with zero attached hydrogens (tertiary/aromatic N) is 1. The summed E-state index contributed by atoms with van der Waals surface area (Å²) < 4.78 is 0. The van der Waals surface area contributed by atoms with Crippen molar-refractivity contribution < 1.29 is 0 Å². The molecule has 0 spiro atoms. The van der Waals surface area contributed by atoms with Crippen molar-refractivity contribution in [3.63, 3.8) is 0 Å². The van der Waals surface area contributed by atoms with Crippen molar-refractivity contribution in [3.05, 3.63) is 23.3 Å². The van der Waals surface area contributed by atoms with Gasteiger partial charge >= 0.3 is 0 Å². The fourth-order valence-electron chi connectivity index (χ4n) is 5.48. The molecular weight excluding hydrogens is 254 g/mol. The Kier molecular flexibility index (Phi) is 3.55. The third kappa shape index (κ3) is 2.19. The van der Waals surface area contributed by atoms with Crippen molar-refractivity contribution >= 4 is 0 Å². The molecule has 2 unspecified atom stereocenters. The van der Waals surface area contributed by atoms with E-state index in [0.29, 0.717) is 23.2 Å². The van der Waals surface area contributed by atoms with Crippen LogP contribution < -0.4 is 0 Å². The highest BCUT2D eigenvalue weighted by Crippen LogP contribution is 2.61. The minimum atomic E-state index is -0.114. The van der Waals surface area contributed by atoms with Crippen LogP contribution in [0.25, 0.3) is 0 Å². The average Bonchev–Trinajstić information content (AvgIpc) is 2.46. The lowest BCUT2D eigenvalue weighted by atomic mass is 9.47. The SMILES string of the molecule is CC(C)C1=CC2=CCC3[C@](C)(CCC[C@@]3(C)C#N)C2CC1. The van der Waals surface area contributed by atoms with Crippen LogP contribution in [0.1, 0.15) is 66.2 Å². The van der Waals surface area contributed by atoms with Gasteiger partial charge in [0.25, 0.3) is 0 Å². The monoisotopic (exact) mass is 283 g/mol. The van der Waals surface area contributed by atoms with Gasteiger partial charge in [0.05, 0.1) is 11.5 Å². The third-order valence-corrected chi connectivity index (χ3v) is 6.84. The smallest absolute Gasteiger partial charge is 0.0690 e. The van der Waals surface area contributed by atoms with E-state index in [1.54, 1.807) is 11.1 Å². The first-order valence-corrected chi connectivity index (χ1v) is 8.72. The Morgan fingerprint density at radius 3 is 2.71 bits per heavy atom. The predicted octanol–water partition coefficient (Wildman–Crippen LogP) is 5.65. The second kappa shape index (κ2) is 5.01. The van der Waals surface area contributed by atoms with Crippen molar-refractivity contribution in [2.45, 2.75) is 66.2 Å². The molecule has 0 radical (unpaired) electrons. The summed E-state index contributed by atoms with van der Waals surface area (Å²) in [5, 5.41) is 9.73. The van der Waals surface area contributed by atoms with E-state index in [4.69, 9.17) is 0 Å². The predicted molar refractivity (Wildman–Crippen MR) is 87.5 cm³/mol. The number of hydrogen-bond acceptors (Lipinski definition) is 1. The number of rotatable bonds is 1. The number of allylic oxidation sites excluding steroid dienone is 4. The van der Waals surface area contributed by atoms with Crippen molar-refractivity contribution in [3.8, 4) is 6.07 Å². The second-order valence-corrected chi connectivity index (χ2v) is 8.35. The van der Waals surface area contributed by atoms with Gasteiger partial charge in [0.1, 0.15) is 0 Å². The van der Waals surface area contributed by atoms with Crippen molar-refractivity contribution in [2.24, 2.45) is 28.6 Å². The Hall–Kier alpha value is -1.03. The maximum atomic E-state index is 9.73. The molecule has 0 aromatic rings. The Morgan fingerprint density at radius 2 is 2.05 bits per heavy atom. The fraction of sp³-hybridized carbons (Fsp3) is 0.750. The molecule has 1 saturated carbocycles. The zero-order valence-electron chi connectivity index (χ0n) is 14.1. The summed E-state index contributed by atoms with van der Waals surface area (Å²) in [6, 6.07) is 2.68. The lowest BCUT2D eigenvalue weighted by Gasteiger charge is -2.56. The van der Waals surface area contributed by atoms with Gasteiger partial charge in [-0.2, -0.15) is 5.26 Å². The van der Waals surface area contributed by atoms with Gasteiger partial charge in [0, 0.05) is 0 Å². The highest BCUT2D eigenvalue weighted by Gasteiger charge is 2.54. The first-order valence-electron chi connectivity index (χ1n) is 8.72. The maximum Gasteiger partial charge on any atom is 0.0690 e. The molecule has 0 saturated heterocycles. The van der Waals surface area contributed by atoms with Crippen LogP contribution in [0.5, 0.6) is 0 Å². The Bertz CT molecular complexity index is 533. The topological polar surface area (TPSA) is 23.8 Å². The molecule has 21 heavy (non-hydrogen) atoms. The van der Waals surface area contributed by atoms with E-state index in [1.165, 1.54) is 25.7 Å². The molecule has 0 amide bonds. The van der Waals surface area contributed by atoms with Gasteiger partial charge < -0.3 is 0 Å². The van der Waals surface area contributed by atoms with E-state index < -0.39 is 0 Å². The maximum absolute atomic E-state index is 9.73. The van der Waals surface area contributed by atoms with Gasteiger partial charge in [0.2, 0.25) is 0 Å². The summed E-state index contributed by atoms with van der Waals surface area (Å²) in [6.07, 6.45) is 12.2. The summed E-state index contributed by atoms with van der Waals surface area (Å²) in [4.78, 5) is 0. The summed E-state index contributed by atoms with van der Waals surface area (Å²) in [6.45, 7) is 9.32. The molecule has 1 nitrogen and oxygen atoms in total. The normalized spacial score (nSPS) is 42.5. The van der Waals surface area contributed by atoms with Crippen LogP contribution >= 0.6 is 0 Å². The van der Waals surface area contributed by atoms with E-state index in [1.807, 2.05) is 0 Å². The summed E-state index contributed by atoms with van der Waals surface area (Å²) >= 11 is 0. The Labute approximate surface area is 130 Å². The van der Waals surface area contributed by atoms with Gasteiger partial charge in [-0.1, -0.05) is 44.9 Å². The molecule has 0 aromatic heterocycles. The molecule has 0 bridgehead atoms. The van der Waals surface area contributed by atoms with Crippen molar-refractivity contribution in [1.82, 2.24) is 0 Å². The second-order valence-electron chi connectivity index (χ2n) is 8.35. The largest absolute Gasteiger partial charge is 0.198 e. The first kappa shape index (κ1) is 14.9. The van der Waals surface area contributed by atoms with Gasteiger partial charge in [-0.3, -0.25) is 0 Å². The number of fused-ring (bicyclic) bond motifs is 3. The lowest BCUT2D eigenvalue weighted by molar-refractivity contribution is -0.0205. The van der Waals surface area contributed by atoms with Gasteiger partial charge in [-0.15, -0.1) is 0 Å². The molecule has 0 N–H and O–H groups in total. The van der Waals surface area contributed by atoms with E-state index in [0.717, 1.165) is 12.8 Å². The number of nitriles is 1. The third-order valence-electron chi connectivity index (χ3n) is 6.84. The summed E-state index contributed by atoms with van der Waals surface area (Å²) in [5.74, 6) is 1.91. The van der Waals surface area contributed by atoms with Crippen LogP contribution in [-0.4, -0.2) is 0 Å². The molecule has 4 atom stereocenters. The molecule has 3 aliphatic rings. The molecular formula is C20H29N. The molecule has 0 heterocycles. The molecule has 3 rings (SSSR count). The highest BCUT2D eigenvalue weighted by atomic mass is 14.6. The Morgan fingerprint density at radius 1 is 1.29 bits per heavy atom. The van der Waals surface area contributed by atoms with Crippen molar-refractivity contribution in [2.75, 3.05) is 0 Å². The molecule has 0 aliphatic heterocycles. The first-order chi connectivity index (χ1) is 9.90. The fourth-order valence-corrected chi connectivity index (χ4v) is 5.48. The van der Waals surface area contributed by atoms with Crippen LogP contribution in [0.2, 0.25) is 0 Å². The molecule has 114 valence electrons. The standard InChI is InChI=1S/C20H29N/c1-14(2)15-6-8-17-16(12-15)7-9-18-19(3,13-21)10-5-11-20(17,18)4/h7,12,14,17-18H,5-6,8-11H2,1-4H3/t17?,18?,19-,20+/m0/s1. The van der Waals surface area contributed by atoms with Crippen LogP contribution in [-0.2, 0) is 0 Å².